The van der Waals surface area contributed by atoms with E-state index in [2.05, 4.69) is 19.9 Å². The number of hydrogen-bond donors (Lipinski definition) is 0. The summed E-state index contributed by atoms with van der Waals surface area (Å²) in [6.07, 6.45) is 8.02. The normalized spacial score (nSPS) is 14.8. The maximum atomic E-state index is 13.1. The van der Waals surface area contributed by atoms with Gasteiger partial charge in [-0.1, -0.05) is 68.9 Å². The molecule has 0 unspecified atom stereocenters. The lowest BCUT2D eigenvalue weighted by molar-refractivity contribution is -0.122. The van der Waals surface area contributed by atoms with Crippen LogP contribution in [0.15, 0.2) is 59.6 Å². The van der Waals surface area contributed by atoms with Crippen LogP contribution in [0.2, 0.25) is 0 Å². The maximum absolute atomic E-state index is 13.1. The van der Waals surface area contributed by atoms with Crippen molar-refractivity contribution in [2.24, 2.45) is 0 Å². The number of ether oxygens (including phenoxy) is 1. The Morgan fingerprint density at radius 3 is 2.60 bits per heavy atom. The number of unbranched alkanes of at least 4 members (excludes halogenated alkanes) is 2. The first-order valence-corrected chi connectivity index (χ1v) is 13.4. The van der Waals surface area contributed by atoms with Crippen molar-refractivity contribution < 1.29 is 9.53 Å². The van der Waals surface area contributed by atoms with E-state index in [-0.39, 0.29) is 5.91 Å². The van der Waals surface area contributed by atoms with E-state index in [1.807, 2.05) is 66.3 Å². The standard InChI is InChI=1S/C28H31N3O2S2/c1-4-6-10-15-30-27(32)25(35-28(30)34)18-22-19-31(23-11-8-7-9-12-23)29-26(22)21-13-14-24(20(3)17-21)33-16-5-2/h7-9,11-14,17-19H,4-6,10,15-16H2,1-3H3/b25-18+. The predicted octanol–water partition coefficient (Wildman–Crippen LogP) is 7.03. The van der Waals surface area contributed by atoms with Gasteiger partial charge in [0.1, 0.15) is 15.8 Å². The molecule has 35 heavy (non-hydrogen) atoms. The zero-order chi connectivity index (χ0) is 24.8. The van der Waals surface area contributed by atoms with Crippen molar-refractivity contribution in [3.63, 3.8) is 0 Å². The second-order valence-electron chi connectivity index (χ2n) is 8.58. The Morgan fingerprint density at radius 2 is 1.89 bits per heavy atom. The van der Waals surface area contributed by atoms with Crippen molar-refractivity contribution in [3.05, 3.63) is 70.8 Å². The molecule has 0 radical (unpaired) electrons. The van der Waals surface area contributed by atoms with Crippen LogP contribution < -0.4 is 4.74 Å². The van der Waals surface area contributed by atoms with Crippen molar-refractivity contribution in [2.45, 2.75) is 46.5 Å². The van der Waals surface area contributed by atoms with Crippen molar-refractivity contribution in [1.82, 2.24) is 14.7 Å². The minimum Gasteiger partial charge on any atom is -0.493 e. The summed E-state index contributed by atoms with van der Waals surface area (Å²) in [4.78, 5) is 15.5. The Labute approximate surface area is 217 Å². The molecule has 1 fully saturated rings. The van der Waals surface area contributed by atoms with Gasteiger partial charge in [-0.25, -0.2) is 4.68 Å². The SMILES string of the molecule is CCCCCN1C(=O)/C(=C\c2cn(-c3ccccc3)nc2-c2ccc(OCCC)c(C)c2)SC1=S. The molecule has 1 amide bonds. The third kappa shape index (κ3) is 5.85. The smallest absolute Gasteiger partial charge is 0.266 e. The van der Waals surface area contributed by atoms with E-state index in [0.717, 1.165) is 59.5 Å². The summed E-state index contributed by atoms with van der Waals surface area (Å²) in [7, 11) is 0. The van der Waals surface area contributed by atoms with Gasteiger partial charge in [-0.15, -0.1) is 0 Å². The number of amides is 1. The Morgan fingerprint density at radius 1 is 1.09 bits per heavy atom. The van der Waals surface area contributed by atoms with Crippen molar-refractivity contribution in [1.29, 1.82) is 0 Å². The maximum Gasteiger partial charge on any atom is 0.266 e. The highest BCUT2D eigenvalue weighted by atomic mass is 32.2. The molecular formula is C28H31N3O2S2. The lowest BCUT2D eigenvalue weighted by Crippen LogP contribution is -2.28. The average molecular weight is 506 g/mol. The monoisotopic (exact) mass is 505 g/mol. The molecule has 4 rings (SSSR count). The van der Waals surface area contributed by atoms with Crippen molar-refractivity contribution >= 4 is 40.3 Å². The van der Waals surface area contributed by atoms with Crippen LogP contribution in [0.3, 0.4) is 0 Å². The number of carbonyl (C=O) groups is 1. The molecule has 0 bridgehead atoms. The second-order valence-corrected chi connectivity index (χ2v) is 10.3. The quantitative estimate of drug-likeness (QED) is 0.168. The Bertz CT molecular complexity index is 1230. The third-order valence-corrected chi connectivity index (χ3v) is 7.20. The van der Waals surface area contributed by atoms with Gasteiger partial charge in [0.2, 0.25) is 0 Å². The minimum absolute atomic E-state index is 0.0194. The van der Waals surface area contributed by atoms with Crippen LogP contribution >= 0.6 is 24.0 Å². The highest BCUT2D eigenvalue weighted by Crippen LogP contribution is 2.36. The second kappa shape index (κ2) is 11.7. The molecule has 182 valence electrons. The van der Waals surface area contributed by atoms with Crippen LogP contribution in [-0.2, 0) is 4.79 Å². The fourth-order valence-corrected chi connectivity index (χ4v) is 5.25. The summed E-state index contributed by atoms with van der Waals surface area (Å²) < 4.78 is 8.35. The number of aromatic nitrogens is 2. The summed E-state index contributed by atoms with van der Waals surface area (Å²) in [5.74, 6) is 0.863. The number of thioether (sulfide) groups is 1. The average Bonchev–Trinajstić information content (AvgIpc) is 3.40. The molecule has 0 saturated carbocycles. The molecule has 1 aliphatic heterocycles. The first kappa shape index (κ1) is 25.2. The summed E-state index contributed by atoms with van der Waals surface area (Å²) in [6, 6.07) is 16.1. The van der Waals surface area contributed by atoms with Crippen LogP contribution in [0, 0.1) is 6.92 Å². The zero-order valence-electron chi connectivity index (χ0n) is 20.5. The first-order valence-electron chi connectivity index (χ1n) is 12.2. The van der Waals surface area contributed by atoms with Crippen LogP contribution in [0.4, 0.5) is 0 Å². The molecule has 0 N–H and O–H groups in total. The lowest BCUT2D eigenvalue weighted by atomic mass is 10.0. The summed E-state index contributed by atoms with van der Waals surface area (Å²) in [6.45, 7) is 7.65. The fraction of sp³-hybridized carbons (Fsp3) is 0.321. The number of rotatable bonds is 10. The number of thiocarbonyl (C=S) groups is 1. The first-order chi connectivity index (χ1) is 17.0. The molecule has 1 saturated heterocycles. The van der Waals surface area contributed by atoms with E-state index < -0.39 is 0 Å². The van der Waals surface area contributed by atoms with E-state index >= 15 is 0 Å². The lowest BCUT2D eigenvalue weighted by Gasteiger charge is -2.13. The molecule has 1 aliphatic rings. The van der Waals surface area contributed by atoms with E-state index in [1.165, 1.54) is 11.8 Å². The topological polar surface area (TPSA) is 47.4 Å². The number of aryl methyl sites for hydroxylation is 1. The van der Waals surface area contributed by atoms with Gasteiger partial charge in [0.05, 0.1) is 17.2 Å². The molecule has 0 spiro atoms. The number of benzene rings is 2. The van der Waals surface area contributed by atoms with Crippen LogP contribution in [0.25, 0.3) is 23.0 Å². The molecule has 2 aromatic carbocycles. The number of carbonyl (C=O) groups excluding carboxylic acids is 1. The molecule has 7 heteroatoms. The van der Waals surface area contributed by atoms with E-state index in [4.69, 9.17) is 22.1 Å². The van der Waals surface area contributed by atoms with Gasteiger partial charge in [-0.05, 0) is 61.7 Å². The molecule has 1 aromatic heterocycles. The number of hydrogen-bond acceptors (Lipinski definition) is 5. The van der Waals surface area contributed by atoms with E-state index in [9.17, 15) is 4.79 Å². The van der Waals surface area contributed by atoms with Gasteiger partial charge in [-0.2, -0.15) is 5.10 Å². The highest BCUT2D eigenvalue weighted by Gasteiger charge is 2.32. The molecule has 3 aromatic rings. The zero-order valence-corrected chi connectivity index (χ0v) is 22.1. The van der Waals surface area contributed by atoms with Crippen LogP contribution in [-0.4, -0.2) is 38.1 Å². The van der Waals surface area contributed by atoms with Crippen LogP contribution in [0.1, 0.15) is 50.7 Å². The van der Waals surface area contributed by atoms with E-state index in [1.54, 1.807) is 4.90 Å². The van der Waals surface area contributed by atoms with Crippen LogP contribution in [0.5, 0.6) is 5.75 Å². The Hall–Kier alpha value is -2.90. The van der Waals surface area contributed by atoms with Crippen molar-refractivity contribution in [3.8, 4) is 22.7 Å². The summed E-state index contributed by atoms with van der Waals surface area (Å²) in [5.41, 5.74) is 4.68. The molecule has 5 nitrogen and oxygen atoms in total. The number of para-hydroxylation sites is 1. The summed E-state index contributed by atoms with van der Waals surface area (Å²) in [5, 5.41) is 4.91. The fourth-order valence-electron chi connectivity index (χ4n) is 3.95. The molecule has 0 atom stereocenters. The third-order valence-electron chi connectivity index (χ3n) is 5.82. The van der Waals surface area contributed by atoms with Gasteiger partial charge < -0.3 is 4.74 Å². The number of nitrogens with zero attached hydrogens (tertiary/aromatic N) is 3. The van der Waals surface area contributed by atoms with Gasteiger partial charge >= 0.3 is 0 Å². The molecular weight excluding hydrogens is 474 g/mol. The molecule has 2 heterocycles. The van der Waals surface area contributed by atoms with Crippen molar-refractivity contribution in [2.75, 3.05) is 13.2 Å². The van der Waals surface area contributed by atoms with Gasteiger partial charge in [-0.3, -0.25) is 9.69 Å². The summed E-state index contributed by atoms with van der Waals surface area (Å²) >= 11 is 6.90. The van der Waals surface area contributed by atoms with Gasteiger partial charge in [0.15, 0.2) is 0 Å². The molecule has 0 aliphatic carbocycles. The Kier molecular flexibility index (Phi) is 8.42. The predicted molar refractivity (Wildman–Crippen MR) is 149 cm³/mol. The highest BCUT2D eigenvalue weighted by molar-refractivity contribution is 8.26. The van der Waals surface area contributed by atoms with Gasteiger partial charge in [0, 0.05) is 23.9 Å². The van der Waals surface area contributed by atoms with E-state index in [0.29, 0.717) is 22.4 Å². The minimum atomic E-state index is -0.0194. The Balaban J connectivity index is 1.71. The largest absolute Gasteiger partial charge is 0.493 e. The van der Waals surface area contributed by atoms with Gasteiger partial charge in [0.25, 0.3) is 5.91 Å².